The fraction of sp³-hybridized carbons (Fsp3) is 0.188. The molecule has 1 unspecified atom stereocenters. The van der Waals surface area contributed by atoms with Gasteiger partial charge in [0.25, 0.3) is 0 Å². The smallest absolute Gasteiger partial charge is 0.234 e. The van der Waals surface area contributed by atoms with E-state index in [1.165, 1.54) is 0 Å². The molecule has 0 bridgehead atoms. The summed E-state index contributed by atoms with van der Waals surface area (Å²) in [6.07, 6.45) is 0. The van der Waals surface area contributed by atoms with E-state index >= 15 is 0 Å². The van der Waals surface area contributed by atoms with Crippen molar-refractivity contribution < 1.29 is 4.79 Å². The van der Waals surface area contributed by atoms with Gasteiger partial charge in [-0.3, -0.25) is 4.79 Å². The molecule has 0 N–H and O–H groups in total. The SMILES string of the molecule is CC1C(=O)N(Cc2ccccc2)c2cc(Cl)ccc21. The van der Waals surface area contributed by atoms with E-state index in [4.69, 9.17) is 11.6 Å². The zero-order valence-corrected chi connectivity index (χ0v) is 11.4. The van der Waals surface area contributed by atoms with Crippen LogP contribution in [0.3, 0.4) is 0 Å². The molecule has 0 spiro atoms. The Bertz CT molecular complexity index is 624. The van der Waals surface area contributed by atoms with Crippen molar-refractivity contribution in [2.45, 2.75) is 19.4 Å². The first-order valence-electron chi connectivity index (χ1n) is 6.31. The molecule has 0 radical (unpaired) electrons. The summed E-state index contributed by atoms with van der Waals surface area (Å²) in [7, 11) is 0. The molecule has 1 amide bonds. The van der Waals surface area contributed by atoms with Gasteiger partial charge in [-0.2, -0.15) is 0 Å². The van der Waals surface area contributed by atoms with Crippen LogP contribution in [0.25, 0.3) is 0 Å². The van der Waals surface area contributed by atoms with Crippen molar-refractivity contribution in [3.05, 3.63) is 64.7 Å². The standard InChI is InChI=1S/C16H14ClNO/c1-11-14-8-7-13(17)9-15(14)18(16(11)19)10-12-5-3-2-4-6-12/h2-9,11H,10H2,1H3. The molecular formula is C16H14ClNO. The lowest BCUT2D eigenvalue weighted by atomic mass is 10.0. The Kier molecular flexibility index (Phi) is 3.03. The van der Waals surface area contributed by atoms with Crippen LogP contribution in [-0.2, 0) is 11.3 Å². The maximum absolute atomic E-state index is 12.4. The lowest BCUT2D eigenvalue weighted by molar-refractivity contribution is -0.119. The van der Waals surface area contributed by atoms with Crippen LogP contribution < -0.4 is 4.90 Å². The van der Waals surface area contributed by atoms with Crippen LogP contribution in [0.4, 0.5) is 5.69 Å². The first kappa shape index (κ1) is 12.2. The highest BCUT2D eigenvalue weighted by molar-refractivity contribution is 6.31. The summed E-state index contributed by atoms with van der Waals surface area (Å²) in [4.78, 5) is 14.2. The van der Waals surface area contributed by atoms with Gasteiger partial charge in [-0.25, -0.2) is 0 Å². The van der Waals surface area contributed by atoms with E-state index in [-0.39, 0.29) is 11.8 Å². The lowest BCUT2D eigenvalue weighted by Crippen LogP contribution is -2.27. The molecule has 1 heterocycles. The van der Waals surface area contributed by atoms with Crippen LogP contribution in [-0.4, -0.2) is 5.91 Å². The summed E-state index contributed by atoms with van der Waals surface area (Å²) in [5.74, 6) is 0.0529. The molecule has 0 fully saturated rings. The minimum absolute atomic E-state index is 0.0871. The number of benzene rings is 2. The van der Waals surface area contributed by atoms with E-state index in [1.807, 2.05) is 60.4 Å². The molecule has 2 aromatic rings. The van der Waals surface area contributed by atoms with Crippen LogP contribution in [0, 0.1) is 0 Å². The fourth-order valence-electron chi connectivity index (χ4n) is 2.53. The number of nitrogens with zero attached hydrogens (tertiary/aromatic N) is 1. The van der Waals surface area contributed by atoms with Gasteiger partial charge >= 0.3 is 0 Å². The van der Waals surface area contributed by atoms with Gasteiger partial charge in [0.2, 0.25) is 5.91 Å². The summed E-state index contributed by atoms with van der Waals surface area (Å²) in [6, 6.07) is 15.7. The van der Waals surface area contributed by atoms with E-state index in [0.29, 0.717) is 11.6 Å². The third-order valence-corrected chi connectivity index (χ3v) is 3.80. The number of carbonyl (C=O) groups excluding carboxylic acids is 1. The number of fused-ring (bicyclic) bond motifs is 1. The number of rotatable bonds is 2. The summed E-state index contributed by atoms with van der Waals surface area (Å²) in [5, 5.41) is 0.665. The van der Waals surface area contributed by atoms with Crippen molar-refractivity contribution >= 4 is 23.2 Å². The molecule has 2 nitrogen and oxygen atoms in total. The van der Waals surface area contributed by atoms with Gasteiger partial charge in [-0.1, -0.05) is 48.0 Å². The Morgan fingerprint density at radius 3 is 2.63 bits per heavy atom. The topological polar surface area (TPSA) is 20.3 Å². The van der Waals surface area contributed by atoms with Gasteiger partial charge in [0.05, 0.1) is 12.5 Å². The first-order chi connectivity index (χ1) is 9.16. The number of anilines is 1. The van der Waals surface area contributed by atoms with Crippen molar-refractivity contribution in [1.29, 1.82) is 0 Å². The van der Waals surface area contributed by atoms with Crippen molar-refractivity contribution in [1.82, 2.24) is 0 Å². The second-order valence-electron chi connectivity index (χ2n) is 4.83. The Morgan fingerprint density at radius 2 is 1.89 bits per heavy atom. The molecule has 2 aromatic carbocycles. The molecule has 0 aromatic heterocycles. The quantitative estimate of drug-likeness (QED) is 0.809. The molecule has 3 heteroatoms. The zero-order chi connectivity index (χ0) is 13.4. The average Bonchev–Trinajstić information content (AvgIpc) is 2.65. The van der Waals surface area contributed by atoms with E-state index < -0.39 is 0 Å². The summed E-state index contributed by atoms with van der Waals surface area (Å²) >= 11 is 6.05. The Morgan fingerprint density at radius 1 is 1.16 bits per heavy atom. The first-order valence-corrected chi connectivity index (χ1v) is 6.69. The minimum atomic E-state index is -0.0871. The molecule has 0 aliphatic carbocycles. The summed E-state index contributed by atoms with van der Waals surface area (Å²) < 4.78 is 0. The number of amides is 1. The maximum atomic E-state index is 12.4. The van der Waals surface area contributed by atoms with Gasteiger partial charge in [0, 0.05) is 10.7 Å². The van der Waals surface area contributed by atoms with Crippen LogP contribution in [0.2, 0.25) is 5.02 Å². The highest BCUT2D eigenvalue weighted by Gasteiger charge is 2.34. The fourth-order valence-corrected chi connectivity index (χ4v) is 2.70. The third kappa shape index (κ3) is 2.13. The Hall–Kier alpha value is -1.80. The van der Waals surface area contributed by atoms with Crippen LogP contribution in [0.1, 0.15) is 24.0 Å². The van der Waals surface area contributed by atoms with Crippen LogP contribution in [0.5, 0.6) is 0 Å². The number of halogens is 1. The molecule has 1 aliphatic heterocycles. The second kappa shape index (κ2) is 4.71. The van der Waals surface area contributed by atoms with Gasteiger partial charge in [-0.15, -0.1) is 0 Å². The van der Waals surface area contributed by atoms with Gasteiger partial charge in [0.15, 0.2) is 0 Å². The second-order valence-corrected chi connectivity index (χ2v) is 5.27. The number of hydrogen-bond donors (Lipinski definition) is 0. The van der Waals surface area contributed by atoms with Crippen molar-refractivity contribution in [2.75, 3.05) is 4.90 Å². The number of hydrogen-bond acceptors (Lipinski definition) is 1. The van der Waals surface area contributed by atoms with Gasteiger partial charge < -0.3 is 4.90 Å². The molecule has 3 rings (SSSR count). The zero-order valence-electron chi connectivity index (χ0n) is 10.6. The highest BCUT2D eigenvalue weighted by atomic mass is 35.5. The van der Waals surface area contributed by atoms with Crippen LogP contribution in [0.15, 0.2) is 48.5 Å². The molecule has 1 aliphatic rings. The average molecular weight is 272 g/mol. The molecular weight excluding hydrogens is 258 g/mol. The maximum Gasteiger partial charge on any atom is 0.234 e. The predicted octanol–water partition coefficient (Wildman–Crippen LogP) is 3.99. The largest absolute Gasteiger partial charge is 0.307 e. The molecule has 1 atom stereocenters. The van der Waals surface area contributed by atoms with Crippen molar-refractivity contribution in [2.24, 2.45) is 0 Å². The minimum Gasteiger partial charge on any atom is -0.307 e. The highest BCUT2D eigenvalue weighted by Crippen LogP contribution is 2.39. The van der Waals surface area contributed by atoms with Gasteiger partial charge in [-0.05, 0) is 30.2 Å². The van der Waals surface area contributed by atoms with Crippen molar-refractivity contribution in [3.8, 4) is 0 Å². The van der Waals surface area contributed by atoms with Gasteiger partial charge in [0.1, 0.15) is 0 Å². The van der Waals surface area contributed by atoms with Crippen LogP contribution >= 0.6 is 11.6 Å². The van der Waals surface area contributed by atoms with E-state index in [2.05, 4.69) is 0 Å². The summed E-state index contributed by atoms with van der Waals surface area (Å²) in [6.45, 7) is 2.54. The molecule has 19 heavy (non-hydrogen) atoms. The van der Waals surface area contributed by atoms with E-state index in [1.54, 1.807) is 0 Å². The predicted molar refractivity (Wildman–Crippen MR) is 77.5 cm³/mol. The van der Waals surface area contributed by atoms with E-state index in [0.717, 1.165) is 16.8 Å². The normalized spacial score (nSPS) is 17.7. The molecule has 0 saturated heterocycles. The summed E-state index contributed by atoms with van der Waals surface area (Å²) in [5.41, 5.74) is 3.12. The Balaban J connectivity index is 1.99. The molecule has 96 valence electrons. The third-order valence-electron chi connectivity index (χ3n) is 3.57. The monoisotopic (exact) mass is 271 g/mol. The lowest BCUT2D eigenvalue weighted by Gasteiger charge is -2.18. The van der Waals surface area contributed by atoms with E-state index in [9.17, 15) is 4.79 Å². The molecule has 0 saturated carbocycles. The number of carbonyl (C=O) groups is 1. The van der Waals surface area contributed by atoms with Crippen molar-refractivity contribution in [3.63, 3.8) is 0 Å². The Labute approximate surface area is 117 Å².